The molecule has 0 aliphatic rings. The predicted octanol–water partition coefficient (Wildman–Crippen LogP) is 1.58. The lowest BCUT2D eigenvalue weighted by molar-refractivity contribution is 0.102. The number of H-pyrrole nitrogens is 1. The highest BCUT2D eigenvalue weighted by Crippen LogP contribution is 2.23. The van der Waals surface area contributed by atoms with Gasteiger partial charge in [0, 0.05) is 20.3 Å². The number of rotatable bonds is 4. The van der Waals surface area contributed by atoms with Crippen molar-refractivity contribution < 1.29 is 4.79 Å². The van der Waals surface area contributed by atoms with Gasteiger partial charge in [-0.2, -0.15) is 5.10 Å². The fourth-order valence-corrected chi connectivity index (χ4v) is 1.96. The summed E-state index contributed by atoms with van der Waals surface area (Å²) in [5.74, 6) is 0.320. The van der Waals surface area contributed by atoms with Gasteiger partial charge in [0.05, 0.1) is 17.6 Å². The van der Waals surface area contributed by atoms with Gasteiger partial charge in [0.1, 0.15) is 5.69 Å². The molecule has 23 heavy (non-hydrogen) atoms. The highest BCUT2D eigenvalue weighted by Gasteiger charge is 2.14. The van der Waals surface area contributed by atoms with E-state index in [1.807, 2.05) is 37.2 Å². The number of aromatic amines is 1. The minimum absolute atomic E-state index is 0.226. The van der Waals surface area contributed by atoms with Crippen LogP contribution in [-0.2, 0) is 0 Å². The Hall–Kier alpha value is -3.29. The molecule has 0 aliphatic carbocycles. The molecule has 3 aromatic rings. The molecule has 2 N–H and O–H groups in total. The summed E-state index contributed by atoms with van der Waals surface area (Å²) in [7, 11) is 3.71. The standard InChI is InChI=1S/C15H15N7O/c1-22(2)13-7-6-11(19-20-13)15(23)18-12-9-17-21-14(12)10-5-3-4-8-16-10/h3-9H,1-2H3,(H,17,21)(H,18,23). The molecule has 0 saturated heterocycles. The summed E-state index contributed by atoms with van der Waals surface area (Å²) in [5.41, 5.74) is 2.09. The van der Waals surface area contributed by atoms with Gasteiger partial charge in [0.25, 0.3) is 5.91 Å². The number of pyridine rings is 1. The third-order valence-electron chi connectivity index (χ3n) is 3.15. The quantitative estimate of drug-likeness (QED) is 0.759. The molecule has 0 spiro atoms. The van der Waals surface area contributed by atoms with Gasteiger partial charge in [-0.3, -0.25) is 14.9 Å². The Morgan fingerprint density at radius 1 is 1.17 bits per heavy atom. The molecule has 8 heteroatoms. The molecule has 0 aromatic carbocycles. The first-order valence-electron chi connectivity index (χ1n) is 6.92. The molecule has 1 amide bonds. The average Bonchev–Trinajstić information content (AvgIpc) is 3.04. The number of hydrogen-bond acceptors (Lipinski definition) is 6. The number of carbonyl (C=O) groups is 1. The zero-order valence-corrected chi connectivity index (χ0v) is 12.7. The van der Waals surface area contributed by atoms with Crippen molar-refractivity contribution in [3.05, 3.63) is 48.4 Å². The van der Waals surface area contributed by atoms with Crippen molar-refractivity contribution in [2.24, 2.45) is 0 Å². The molecule has 3 heterocycles. The first kappa shape index (κ1) is 14.6. The fourth-order valence-electron chi connectivity index (χ4n) is 1.96. The number of nitrogens with zero attached hydrogens (tertiary/aromatic N) is 5. The molecule has 0 atom stereocenters. The number of nitrogens with one attached hydrogen (secondary N) is 2. The van der Waals surface area contributed by atoms with Gasteiger partial charge in [-0.1, -0.05) is 6.07 Å². The summed E-state index contributed by atoms with van der Waals surface area (Å²) in [4.78, 5) is 18.3. The Morgan fingerprint density at radius 2 is 2.04 bits per heavy atom. The number of aromatic nitrogens is 5. The highest BCUT2D eigenvalue weighted by atomic mass is 16.1. The summed E-state index contributed by atoms with van der Waals surface area (Å²) < 4.78 is 0. The van der Waals surface area contributed by atoms with Gasteiger partial charge in [-0.15, -0.1) is 10.2 Å². The van der Waals surface area contributed by atoms with Crippen LogP contribution >= 0.6 is 0 Å². The third-order valence-corrected chi connectivity index (χ3v) is 3.15. The van der Waals surface area contributed by atoms with Gasteiger partial charge in [0.2, 0.25) is 0 Å². The van der Waals surface area contributed by atoms with E-state index in [1.54, 1.807) is 18.3 Å². The average molecular weight is 309 g/mol. The van der Waals surface area contributed by atoms with Crippen LogP contribution in [0.5, 0.6) is 0 Å². The van der Waals surface area contributed by atoms with Crippen LogP contribution in [0, 0.1) is 0 Å². The Morgan fingerprint density at radius 3 is 2.70 bits per heavy atom. The van der Waals surface area contributed by atoms with Gasteiger partial charge in [0.15, 0.2) is 11.5 Å². The van der Waals surface area contributed by atoms with Crippen LogP contribution in [0.15, 0.2) is 42.7 Å². The van der Waals surface area contributed by atoms with E-state index in [4.69, 9.17) is 0 Å². The van der Waals surface area contributed by atoms with Gasteiger partial charge < -0.3 is 10.2 Å². The molecular weight excluding hydrogens is 294 g/mol. The van der Waals surface area contributed by atoms with Crippen LogP contribution in [0.2, 0.25) is 0 Å². The van der Waals surface area contributed by atoms with E-state index >= 15 is 0 Å². The Labute approximate surface area is 132 Å². The maximum Gasteiger partial charge on any atom is 0.276 e. The van der Waals surface area contributed by atoms with Gasteiger partial charge >= 0.3 is 0 Å². The van der Waals surface area contributed by atoms with Crippen molar-refractivity contribution in [2.75, 3.05) is 24.3 Å². The molecule has 116 valence electrons. The second-order valence-corrected chi connectivity index (χ2v) is 5.00. The predicted molar refractivity (Wildman–Crippen MR) is 86.1 cm³/mol. The van der Waals surface area contributed by atoms with Gasteiger partial charge in [-0.25, -0.2) is 0 Å². The first-order chi connectivity index (χ1) is 11.1. The molecule has 8 nitrogen and oxygen atoms in total. The topological polar surface area (TPSA) is 99.7 Å². The summed E-state index contributed by atoms with van der Waals surface area (Å²) in [6, 6.07) is 8.87. The van der Waals surface area contributed by atoms with Crippen LogP contribution in [0.3, 0.4) is 0 Å². The largest absolute Gasteiger partial charge is 0.361 e. The Bertz CT molecular complexity index is 796. The summed E-state index contributed by atoms with van der Waals surface area (Å²) in [6.45, 7) is 0. The zero-order chi connectivity index (χ0) is 16.2. The molecule has 3 rings (SSSR count). The first-order valence-corrected chi connectivity index (χ1v) is 6.92. The maximum atomic E-state index is 12.3. The smallest absolute Gasteiger partial charge is 0.276 e. The molecule has 0 bridgehead atoms. The van der Waals surface area contributed by atoms with E-state index in [9.17, 15) is 4.79 Å². The van der Waals surface area contributed by atoms with E-state index in [0.717, 1.165) is 0 Å². The minimum atomic E-state index is -0.360. The lowest BCUT2D eigenvalue weighted by Gasteiger charge is -2.10. The van der Waals surface area contributed by atoms with Crippen molar-refractivity contribution in [3.8, 4) is 11.4 Å². The fraction of sp³-hybridized carbons (Fsp3) is 0.133. The summed E-state index contributed by atoms with van der Waals surface area (Å²) in [6.07, 6.45) is 3.21. The molecule has 0 unspecified atom stereocenters. The van der Waals surface area contributed by atoms with Gasteiger partial charge in [-0.05, 0) is 24.3 Å². The SMILES string of the molecule is CN(C)c1ccc(C(=O)Nc2cn[nH]c2-c2ccccn2)nn1. The Kier molecular flexibility index (Phi) is 3.96. The van der Waals surface area contributed by atoms with Crippen LogP contribution in [0.1, 0.15) is 10.5 Å². The van der Waals surface area contributed by atoms with Crippen molar-refractivity contribution in [3.63, 3.8) is 0 Å². The second kappa shape index (κ2) is 6.22. The lowest BCUT2D eigenvalue weighted by atomic mass is 10.2. The van der Waals surface area contributed by atoms with Crippen LogP contribution in [0.4, 0.5) is 11.5 Å². The van der Waals surface area contributed by atoms with Crippen LogP contribution in [0.25, 0.3) is 11.4 Å². The summed E-state index contributed by atoms with van der Waals surface area (Å²) >= 11 is 0. The van der Waals surface area contributed by atoms with Crippen molar-refractivity contribution in [1.82, 2.24) is 25.4 Å². The molecule has 0 fully saturated rings. The van der Waals surface area contributed by atoms with Crippen molar-refractivity contribution >= 4 is 17.4 Å². The molecule has 3 aromatic heterocycles. The number of hydrogen-bond donors (Lipinski definition) is 2. The number of amides is 1. The number of carbonyl (C=O) groups excluding carboxylic acids is 1. The maximum absolute atomic E-state index is 12.3. The molecule has 0 radical (unpaired) electrons. The van der Waals surface area contributed by atoms with E-state index in [2.05, 4.69) is 30.7 Å². The van der Waals surface area contributed by atoms with E-state index in [0.29, 0.717) is 22.9 Å². The van der Waals surface area contributed by atoms with E-state index in [1.165, 1.54) is 6.20 Å². The minimum Gasteiger partial charge on any atom is -0.361 e. The van der Waals surface area contributed by atoms with E-state index < -0.39 is 0 Å². The molecule has 0 saturated carbocycles. The zero-order valence-electron chi connectivity index (χ0n) is 12.7. The second-order valence-electron chi connectivity index (χ2n) is 5.00. The van der Waals surface area contributed by atoms with E-state index in [-0.39, 0.29) is 11.6 Å². The normalized spacial score (nSPS) is 10.3. The van der Waals surface area contributed by atoms with Crippen molar-refractivity contribution in [2.45, 2.75) is 0 Å². The Balaban J connectivity index is 1.80. The molecule has 0 aliphatic heterocycles. The third kappa shape index (κ3) is 3.15. The monoisotopic (exact) mass is 309 g/mol. The number of anilines is 2. The summed E-state index contributed by atoms with van der Waals surface area (Å²) in [5, 5.41) is 17.5. The molecular formula is C15H15N7O. The highest BCUT2D eigenvalue weighted by molar-refractivity contribution is 6.04. The lowest BCUT2D eigenvalue weighted by Crippen LogP contribution is -2.17. The van der Waals surface area contributed by atoms with Crippen LogP contribution in [-0.4, -0.2) is 45.4 Å². The van der Waals surface area contributed by atoms with Crippen LogP contribution < -0.4 is 10.2 Å². The van der Waals surface area contributed by atoms with Crippen molar-refractivity contribution in [1.29, 1.82) is 0 Å².